The lowest BCUT2D eigenvalue weighted by atomic mass is 10.1. The maximum Gasteiger partial charge on any atom is 0.472 e. The van der Waals surface area contributed by atoms with E-state index in [0.717, 1.165) is 12.2 Å². The van der Waals surface area contributed by atoms with E-state index in [1.807, 2.05) is 0 Å². The van der Waals surface area contributed by atoms with Crippen LogP contribution in [0.25, 0.3) is 0 Å². The Bertz CT molecular complexity index is 1190. The molecule has 0 aliphatic rings. The van der Waals surface area contributed by atoms with Gasteiger partial charge in [-0.15, -0.1) is 0 Å². The third-order valence-corrected chi connectivity index (χ3v) is 7.93. The average Bonchev–Trinajstić information content (AvgIpc) is 2.79. The van der Waals surface area contributed by atoms with Crippen molar-refractivity contribution in [2.75, 3.05) is 27.0 Å². The number of hydrogen-bond donors (Lipinski definition) is 4. The Labute approximate surface area is 212 Å². The molecule has 0 aliphatic carbocycles. The van der Waals surface area contributed by atoms with Gasteiger partial charge in [0.15, 0.2) is 0 Å². The number of alkyl halides is 3. The molecular formula is C23H29F3N4O4S2. The van der Waals surface area contributed by atoms with Crippen molar-refractivity contribution in [1.82, 2.24) is 5.43 Å². The summed E-state index contributed by atoms with van der Waals surface area (Å²) in [6.45, 7) is 7.59. The highest BCUT2D eigenvalue weighted by atomic mass is 32.2. The van der Waals surface area contributed by atoms with Crippen LogP contribution in [0.5, 0.6) is 0 Å². The summed E-state index contributed by atoms with van der Waals surface area (Å²) < 4.78 is 65.3. The Kier molecular flexibility index (Phi) is 10.1. The summed E-state index contributed by atoms with van der Waals surface area (Å²) in [6, 6.07) is 8.28. The van der Waals surface area contributed by atoms with Crippen LogP contribution in [0, 0.1) is 19.8 Å². The van der Waals surface area contributed by atoms with Crippen LogP contribution in [0.4, 0.5) is 30.2 Å². The number of benzene rings is 2. The van der Waals surface area contributed by atoms with E-state index in [0.29, 0.717) is 22.7 Å². The third-order valence-electron chi connectivity index (χ3n) is 5.13. The molecule has 2 aromatic rings. The second-order valence-electron chi connectivity index (χ2n) is 8.27. The predicted octanol–water partition coefficient (Wildman–Crippen LogP) is 4.83. The normalized spacial score (nSPS) is 12.5. The number of anilines is 3. The van der Waals surface area contributed by atoms with Gasteiger partial charge in [0, 0.05) is 11.4 Å². The second kappa shape index (κ2) is 12.3. The van der Waals surface area contributed by atoms with E-state index in [-0.39, 0.29) is 27.9 Å². The number of carbonyl (C=O) groups is 2. The number of sulfonamides is 1. The van der Waals surface area contributed by atoms with Crippen LogP contribution in [-0.2, 0) is 19.6 Å². The summed E-state index contributed by atoms with van der Waals surface area (Å²) in [5.41, 5.74) is 5.42. The summed E-state index contributed by atoms with van der Waals surface area (Å²) >= 11 is 1.51. The van der Waals surface area contributed by atoms with Gasteiger partial charge in [-0.25, -0.2) is 8.42 Å². The molecule has 1 atom stereocenters. The van der Waals surface area contributed by atoms with Crippen LogP contribution < -0.4 is 20.9 Å². The number of hydrazine groups is 1. The van der Waals surface area contributed by atoms with Gasteiger partial charge in [0.2, 0.25) is 5.91 Å². The van der Waals surface area contributed by atoms with Gasteiger partial charge in [0.1, 0.15) is 0 Å². The molecule has 0 radical (unpaired) electrons. The first-order valence-electron chi connectivity index (χ1n) is 11.0. The van der Waals surface area contributed by atoms with E-state index in [2.05, 4.69) is 29.3 Å². The van der Waals surface area contributed by atoms with Crippen LogP contribution in [0.1, 0.15) is 31.4 Å². The van der Waals surface area contributed by atoms with Crippen LogP contribution in [0.15, 0.2) is 41.3 Å². The summed E-state index contributed by atoms with van der Waals surface area (Å²) in [7, 11) is -4.05. The molecule has 0 spiro atoms. The van der Waals surface area contributed by atoms with Crippen molar-refractivity contribution < 1.29 is 31.2 Å². The molecule has 13 heteroatoms. The van der Waals surface area contributed by atoms with Gasteiger partial charge in [-0.2, -0.15) is 24.9 Å². The molecule has 2 aromatic carbocycles. The summed E-state index contributed by atoms with van der Waals surface area (Å²) in [5.74, 6) is -0.799. The lowest BCUT2D eigenvalue weighted by Crippen LogP contribution is -2.40. The lowest BCUT2D eigenvalue weighted by molar-refractivity contribution is -0.173. The highest BCUT2D eigenvalue weighted by Crippen LogP contribution is 2.27. The Morgan fingerprint density at radius 3 is 2.22 bits per heavy atom. The molecular weight excluding hydrogens is 517 g/mol. The lowest BCUT2D eigenvalue weighted by Gasteiger charge is -2.16. The molecule has 8 nitrogen and oxygen atoms in total. The van der Waals surface area contributed by atoms with Crippen molar-refractivity contribution in [3.63, 3.8) is 0 Å². The van der Waals surface area contributed by atoms with Gasteiger partial charge in [0.25, 0.3) is 10.0 Å². The van der Waals surface area contributed by atoms with Crippen LogP contribution in [0.3, 0.4) is 0 Å². The standard InChI is InChI=1S/C23H29F3N4O4S2/c1-5-14(2)12-35-13-21(31)27-19-11-20(16(4)10-15(19)3)36(33,34)30-18-8-6-17(7-9-18)28-29-22(32)23(24,25)26/h6-11,14,28,30H,5,12-13H2,1-4H3,(H,27,31)(H,29,32). The van der Waals surface area contributed by atoms with Crippen molar-refractivity contribution in [2.45, 2.75) is 45.2 Å². The molecule has 0 saturated heterocycles. The van der Waals surface area contributed by atoms with E-state index >= 15 is 0 Å². The van der Waals surface area contributed by atoms with Crippen molar-refractivity contribution in [2.24, 2.45) is 5.92 Å². The fourth-order valence-corrected chi connectivity index (χ4v) is 5.27. The van der Waals surface area contributed by atoms with Crippen molar-refractivity contribution in [3.8, 4) is 0 Å². The van der Waals surface area contributed by atoms with E-state index in [1.54, 1.807) is 19.9 Å². The number of carbonyl (C=O) groups excluding carboxylic acids is 2. The summed E-state index contributed by atoms with van der Waals surface area (Å²) in [6.07, 6.45) is -4.02. The molecule has 2 rings (SSSR count). The molecule has 2 amide bonds. The first kappa shape index (κ1) is 29.3. The SMILES string of the molecule is CCC(C)CSCC(=O)Nc1cc(S(=O)(=O)Nc2ccc(NNC(=O)C(F)(F)F)cc2)c(C)cc1C. The highest BCUT2D eigenvalue weighted by Gasteiger charge is 2.38. The zero-order valence-electron chi connectivity index (χ0n) is 20.2. The van der Waals surface area contributed by atoms with Gasteiger partial charge >= 0.3 is 12.1 Å². The van der Waals surface area contributed by atoms with Crippen LogP contribution in [-0.4, -0.2) is 37.9 Å². The quantitative estimate of drug-likeness (QED) is 0.300. The molecule has 0 aliphatic heterocycles. The minimum absolute atomic E-state index is 0.0321. The first-order chi connectivity index (χ1) is 16.7. The molecule has 1 unspecified atom stereocenters. The number of amides is 2. The molecule has 36 heavy (non-hydrogen) atoms. The molecule has 198 valence electrons. The zero-order chi connectivity index (χ0) is 27.1. The smallest absolute Gasteiger partial charge is 0.325 e. The maximum atomic E-state index is 13.0. The molecule has 0 bridgehead atoms. The highest BCUT2D eigenvalue weighted by molar-refractivity contribution is 7.99. The van der Waals surface area contributed by atoms with Crippen molar-refractivity contribution in [1.29, 1.82) is 0 Å². The Hall–Kier alpha value is -2.93. The van der Waals surface area contributed by atoms with Gasteiger partial charge in [-0.05, 0) is 67.0 Å². The zero-order valence-corrected chi connectivity index (χ0v) is 21.9. The van der Waals surface area contributed by atoms with E-state index in [4.69, 9.17) is 0 Å². The number of hydrogen-bond acceptors (Lipinski definition) is 6. The van der Waals surface area contributed by atoms with Gasteiger partial charge in [0.05, 0.1) is 16.3 Å². The monoisotopic (exact) mass is 546 g/mol. The van der Waals surface area contributed by atoms with Gasteiger partial charge in [-0.1, -0.05) is 26.3 Å². The van der Waals surface area contributed by atoms with Crippen LogP contribution in [0.2, 0.25) is 0 Å². The number of nitrogens with one attached hydrogen (secondary N) is 4. The first-order valence-corrected chi connectivity index (χ1v) is 13.6. The van der Waals surface area contributed by atoms with Gasteiger partial charge < -0.3 is 5.32 Å². The summed E-state index contributed by atoms with van der Waals surface area (Å²) in [4.78, 5) is 23.2. The number of aryl methyl sites for hydroxylation is 2. The minimum atomic E-state index is -5.04. The Morgan fingerprint density at radius 1 is 1.03 bits per heavy atom. The fourth-order valence-electron chi connectivity index (χ4n) is 2.95. The van der Waals surface area contributed by atoms with E-state index < -0.39 is 22.1 Å². The van der Waals surface area contributed by atoms with Crippen molar-refractivity contribution in [3.05, 3.63) is 47.5 Å². The summed E-state index contributed by atoms with van der Waals surface area (Å²) in [5, 5.41) is 2.77. The van der Waals surface area contributed by atoms with E-state index in [9.17, 15) is 31.2 Å². The number of rotatable bonds is 11. The minimum Gasteiger partial charge on any atom is -0.325 e. The Balaban J connectivity index is 2.10. The van der Waals surface area contributed by atoms with Gasteiger partial charge in [-0.3, -0.25) is 25.2 Å². The molecule has 4 N–H and O–H groups in total. The predicted molar refractivity (Wildman–Crippen MR) is 136 cm³/mol. The molecule has 0 aromatic heterocycles. The largest absolute Gasteiger partial charge is 0.472 e. The van der Waals surface area contributed by atoms with E-state index in [1.165, 1.54) is 47.5 Å². The number of thioether (sulfide) groups is 1. The molecule has 0 saturated carbocycles. The maximum absolute atomic E-state index is 13.0. The topological polar surface area (TPSA) is 116 Å². The number of halogens is 3. The Morgan fingerprint density at radius 2 is 1.64 bits per heavy atom. The fraction of sp³-hybridized carbons (Fsp3) is 0.391. The second-order valence-corrected chi connectivity index (χ2v) is 11.0. The molecule has 0 heterocycles. The average molecular weight is 547 g/mol. The molecule has 0 fully saturated rings. The van der Waals surface area contributed by atoms with Crippen LogP contribution >= 0.6 is 11.8 Å². The third kappa shape index (κ3) is 8.63. The van der Waals surface area contributed by atoms with Crippen molar-refractivity contribution >= 4 is 50.7 Å².